The number of rotatable bonds is 5. The quantitative estimate of drug-likeness (QED) is 0.639. The van der Waals surface area contributed by atoms with Gasteiger partial charge in [0, 0.05) is 30.1 Å². The molecule has 24 heavy (non-hydrogen) atoms. The molecule has 4 atom stereocenters. The van der Waals surface area contributed by atoms with E-state index in [9.17, 15) is 0 Å². The van der Waals surface area contributed by atoms with Crippen LogP contribution in [0.1, 0.15) is 47.0 Å². The van der Waals surface area contributed by atoms with Crippen LogP contribution in [0, 0.1) is 17.8 Å². The van der Waals surface area contributed by atoms with E-state index in [-0.39, 0.29) is 0 Å². The summed E-state index contributed by atoms with van der Waals surface area (Å²) in [7, 11) is 0. The molecule has 2 nitrogen and oxygen atoms in total. The summed E-state index contributed by atoms with van der Waals surface area (Å²) in [6.07, 6.45) is 3.96. The fraction of sp³-hybridized carbons (Fsp3) is 0.700. The molecule has 1 aromatic rings. The predicted octanol–water partition coefficient (Wildman–Crippen LogP) is 5.91. The summed E-state index contributed by atoms with van der Waals surface area (Å²) in [5, 5.41) is 1.13. The second-order valence-corrected chi connectivity index (χ2v) is 8.85. The van der Waals surface area contributed by atoms with E-state index in [2.05, 4.69) is 32.6 Å². The smallest absolute Gasteiger partial charge is 0.120 e. The normalized spacial score (nSPS) is 30.3. The number of fused-ring (bicyclic) bond motifs is 2. The molecule has 3 rings (SSSR count). The Kier molecular flexibility index (Phi) is 5.68. The number of ether oxygens (including phenoxy) is 1. The number of piperidine rings is 1. The van der Waals surface area contributed by atoms with Crippen LogP contribution >= 0.6 is 23.2 Å². The van der Waals surface area contributed by atoms with Crippen molar-refractivity contribution in [3.05, 3.63) is 28.2 Å². The maximum absolute atomic E-state index is 6.17. The largest absolute Gasteiger partial charge is 0.493 e. The highest BCUT2D eigenvalue weighted by Crippen LogP contribution is 2.46. The van der Waals surface area contributed by atoms with Gasteiger partial charge in [0.25, 0.3) is 0 Å². The minimum absolute atomic E-state index is 0.558. The SMILES string of the molecule is CC(C)[C@@H]1CC2CCC([C@@H]1COc1ccc(Cl)c(Cl)c1)N2C(C)C. The number of hydrogen-bond donors (Lipinski definition) is 0. The summed E-state index contributed by atoms with van der Waals surface area (Å²) in [6, 6.07) is 7.59. The molecule has 134 valence electrons. The van der Waals surface area contributed by atoms with Gasteiger partial charge in [-0.25, -0.2) is 0 Å². The molecule has 2 bridgehead atoms. The van der Waals surface area contributed by atoms with Crippen LogP contribution in [0.2, 0.25) is 10.0 Å². The summed E-state index contributed by atoms with van der Waals surface area (Å²) in [5.41, 5.74) is 0. The molecule has 4 heteroatoms. The van der Waals surface area contributed by atoms with Crippen molar-refractivity contribution in [2.75, 3.05) is 6.61 Å². The highest BCUT2D eigenvalue weighted by molar-refractivity contribution is 6.42. The zero-order valence-electron chi connectivity index (χ0n) is 15.1. The van der Waals surface area contributed by atoms with Gasteiger partial charge in [0.15, 0.2) is 0 Å². The lowest BCUT2D eigenvalue weighted by atomic mass is 9.74. The van der Waals surface area contributed by atoms with Gasteiger partial charge in [-0.15, -0.1) is 0 Å². The zero-order valence-corrected chi connectivity index (χ0v) is 16.6. The van der Waals surface area contributed by atoms with Crippen LogP contribution in [0.15, 0.2) is 18.2 Å². The van der Waals surface area contributed by atoms with Crippen molar-refractivity contribution in [1.29, 1.82) is 0 Å². The van der Waals surface area contributed by atoms with Crippen molar-refractivity contribution in [1.82, 2.24) is 4.90 Å². The summed E-state index contributed by atoms with van der Waals surface area (Å²) in [4.78, 5) is 2.75. The van der Waals surface area contributed by atoms with Gasteiger partial charge in [-0.3, -0.25) is 4.90 Å². The van der Waals surface area contributed by atoms with E-state index < -0.39 is 0 Å². The van der Waals surface area contributed by atoms with Crippen LogP contribution < -0.4 is 4.74 Å². The second kappa shape index (κ2) is 7.43. The van der Waals surface area contributed by atoms with Crippen molar-refractivity contribution in [3.63, 3.8) is 0 Å². The van der Waals surface area contributed by atoms with Gasteiger partial charge in [-0.05, 0) is 57.1 Å². The Morgan fingerprint density at radius 1 is 1.12 bits per heavy atom. The van der Waals surface area contributed by atoms with E-state index in [1.807, 2.05) is 18.2 Å². The van der Waals surface area contributed by atoms with Gasteiger partial charge in [0.1, 0.15) is 5.75 Å². The molecule has 2 saturated heterocycles. The fourth-order valence-electron chi connectivity index (χ4n) is 4.95. The van der Waals surface area contributed by atoms with E-state index in [1.54, 1.807) is 0 Å². The first-order valence-electron chi connectivity index (χ1n) is 9.23. The summed E-state index contributed by atoms with van der Waals surface area (Å²) >= 11 is 12.1. The molecule has 2 aliphatic heterocycles. The molecule has 0 N–H and O–H groups in total. The van der Waals surface area contributed by atoms with Gasteiger partial charge in [0.05, 0.1) is 16.7 Å². The van der Waals surface area contributed by atoms with Crippen molar-refractivity contribution in [2.24, 2.45) is 17.8 Å². The van der Waals surface area contributed by atoms with Crippen molar-refractivity contribution in [3.8, 4) is 5.75 Å². The third-order valence-electron chi connectivity index (χ3n) is 5.97. The van der Waals surface area contributed by atoms with Gasteiger partial charge >= 0.3 is 0 Å². The predicted molar refractivity (Wildman–Crippen MR) is 102 cm³/mol. The summed E-state index contributed by atoms with van der Waals surface area (Å²) in [6.45, 7) is 10.2. The number of nitrogens with zero attached hydrogens (tertiary/aromatic N) is 1. The van der Waals surface area contributed by atoms with Crippen LogP contribution in [0.25, 0.3) is 0 Å². The first-order chi connectivity index (χ1) is 11.4. The highest BCUT2D eigenvalue weighted by atomic mass is 35.5. The second-order valence-electron chi connectivity index (χ2n) is 8.03. The molecule has 0 aromatic heterocycles. The number of benzene rings is 1. The lowest BCUT2D eigenvalue weighted by Gasteiger charge is -2.48. The van der Waals surface area contributed by atoms with E-state index in [1.165, 1.54) is 19.3 Å². The molecular weight excluding hydrogens is 341 g/mol. The van der Waals surface area contributed by atoms with E-state index >= 15 is 0 Å². The Hall–Kier alpha value is -0.440. The molecular formula is C20H29Cl2NO. The van der Waals surface area contributed by atoms with Gasteiger partial charge in [-0.2, -0.15) is 0 Å². The Morgan fingerprint density at radius 3 is 2.50 bits per heavy atom. The maximum Gasteiger partial charge on any atom is 0.120 e. The van der Waals surface area contributed by atoms with Crippen LogP contribution in [0.3, 0.4) is 0 Å². The molecule has 2 aliphatic rings. The first-order valence-corrected chi connectivity index (χ1v) is 9.99. The van der Waals surface area contributed by atoms with E-state index in [4.69, 9.17) is 27.9 Å². The third kappa shape index (κ3) is 3.57. The molecule has 0 radical (unpaired) electrons. The number of hydrogen-bond acceptors (Lipinski definition) is 2. The lowest BCUT2D eigenvalue weighted by Crippen LogP contribution is -2.54. The standard InChI is InChI=1S/C20H29Cl2NO/c1-12(2)16-9-14-5-8-20(23(14)13(3)4)17(16)11-24-15-6-7-18(21)19(22)10-15/h6-7,10,12-14,16-17,20H,5,8-9,11H2,1-4H3/t14?,16-,17+,20?/m0/s1. The molecule has 2 unspecified atom stereocenters. The van der Waals surface area contributed by atoms with E-state index in [0.717, 1.165) is 24.3 Å². The Morgan fingerprint density at radius 2 is 1.88 bits per heavy atom. The van der Waals surface area contributed by atoms with Crippen LogP contribution in [-0.2, 0) is 0 Å². The monoisotopic (exact) mass is 369 g/mol. The molecule has 2 heterocycles. The molecule has 0 saturated carbocycles. The lowest BCUT2D eigenvalue weighted by molar-refractivity contribution is -0.0132. The molecule has 2 fully saturated rings. The van der Waals surface area contributed by atoms with Crippen LogP contribution in [0.4, 0.5) is 0 Å². The van der Waals surface area contributed by atoms with Gasteiger partial charge in [0.2, 0.25) is 0 Å². The topological polar surface area (TPSA) is 12.5 Å². The Labute approximate surface area is 156 Å². The highest BCUT2D eigenvalue weighted by Gasteiger charge is 2.48. The van der Waals surface area contributed by atoms with E-state index in [0.29, 0.717) is 34.0 Å². The zero-order chi connectivity index (χ0) is 17.4. The average Bonchev–Trinajstić information content (AvgIpc) is 2.85. The van der Waals surface area contributed by atoms with Crippen molar-refractivity contribution >= 4 is 23.2 Å². The number of halogens is 2. The summed E-state index contributed by atoms with van der Waals surface area (Å²) < 4.78 is 6.17. The Bertz CT molecular complexity index is 575. The first kappa shape index (κ1) is 18.4. The minimum Gasteiger partial charge on any atom is -0.493 e. The summed E-state index contributed by atoms with van der Waals surface area (Å²) in [5.74, 6) is 2.84. The fourth-order valence-corrected chi connectivity index (χ4v) is 5.23. The average molecular weight is 370 g/mol. The molecule has 0 aliphatic carbocycles. The van der Waals surface area contributed by atoms with Crippen molar-refractivity contribution < 1.29 is 4.74 Å². The van der Waals surface area contributed by atoms with Crippen molar-refractivity contribution in [2.45, 2.75) is 65.1 Å². The van der Waals surface area contributed by atoms with Crippen LogP contribution in [-0.4, -0.2) is 29.6 Å². The van der Waals surface area contributed by atoms with Gasteiger partial charge in [-0.1, -0.05) is 37.0 Å². The minimum atomic E-state index is 0.558. The molecule has 0 amide bonds. The van der Waals surface area contributed by atoms with Gasteiger partial charge < -0.3 is 4.74 Å². The molecule has 0 spiro atoms. The third-order valence-corrected chi connectivity index (χ3v) is 6.71. The maximum atomic E-state index is 6.17. The molecule has 1 aromatic carbocycles. The van der Waals surface area contributed by atoms with Crippen LogP contribution in [0.5, 0.6) is 5.75 Å². The Balaban J connectivity index is 1.76.